The number of hydrogen-bond acceptors (Lipinski definition) is 7. The monoisotopic (exact) mass is 325 g/mol. The van der Waals surface area contributed by atoms with Gasteiger partial charge in [-0.05, 0) is 6.92 Å². The molecule has 1 aliphatic rings. The van der Waals surface area contributed by atoms with Crippen LogP contribution in [0.25, 0.3) is 0 Å². The third kappa shape index (κ3) is 3.02. The number of carbonyl (C=O) groups is 1. The van der Waals surface area contributed by atoms with Gasteiger partial charge < -0.3 is 9.84 Å². The smallest absolute Gasteiger partial charge is 0.361 e. The van der Waals surface area contributed by atoms with Gasteiger partial charge in [-0.1, -0.05) is 5.21 Å². The van der Waals surface area contributed by atoms with Crippen LogP contribution in [0.4, 0.5) is 8.78 Å². The van der Waals surface area contributed by atoms with Gasteiger partial charge in [-0.2, -0.15) is 0 Å². The van der Waals surface area contributed by atoms with E-state index >= 15 is 0 Å². The van der Waals surface area contributed by atoms with Crippen molar-refractivity contribution < 1.29 is 31.8 Å². The second-order valence-electron chi connectivity index (χ2n) is 4.50. The lowest BCUT2D eigenvalue weighted by molar-refractivity contribution is 0.0504. The maximum atomic E-state index is 13.2. The molecule has 11 heteroatoms. The van der Waals surface area contributed by atoms with Gasteiger partial charge in [-0.25, -0.2) is 26.7 Å². The second-order valence-corrected chi connectivity index (χ2v) is 6.65. The zero-order valence-electron chi connectivity index (χ0n) is 10.9. The Labute approximate surface area is 118 Å². The van der Waals surface area contributed by atoms with E-state index < -0.39 is 57.3 Å². The van der Waals surface area contributed by atoms with Crippen molar-refractivity contribution in [3.63, 3.8) is 0 Å². The molecule has 2 rings (SSSR count). The maximum absolute atomic E-state index is 13.2. The molecule has 1 aliphatic heterocycles. The lowest BCUT2D eigenvalue weighted by Gasteiger charge is -2.15. The summed E-state index contributed by atoms with van der Waals surface area (Å²) in [7, 11) is -3.56. The quantitative estimate of drug-likeness (QED) is 0.758. The third-order valence-corrected chi connectivity index (χ3v) is 4.71. The molecule has 0 saturated carbocycles. The molecule has 1 aromatic heterocycles. The summed E-state index contributed by atoms with van der Waals surface area (Å²) in [5.41, 5.74) is -1.53. The van der Waals surface area contributed by atoms with Crippen LogP contribution in [-0.2, 0) is 14.6 Å². The highest BCUT2D eigenvalue weighted by molar-refractivity contribution is 7.91. The molecular formula is C10H13F2N3O5S. The number of aliphatic hydroxyl groups is 1. The van der Waals surface area contributed by atoms with E-state index in [1.165, 1.54) is 6.92 Å². The summed E-state index contributed by atoms with van der Waals surface area (Å²) in [4.78, 5) is 11.6. The first-order valence-corrected chi connectivity index (χ1v) is 7.87. The van der Waals surface area contributed by atoms with Crippen molar-refractivity contribution in [3.05, 3.63) is 11.4 Å². The van der Waals surface area contributed by atoms with Crippen LogP contribution in [-0.4, -0.2) is 58.7 Å². The average molecular weight is 325 g/mol. The fourth-order valence-electron chi connectivity index (χ4n) is 2.14. The van der Waals surface area contributed by atoms with Crippen LogP contribution in [0.5, 0.6) is 0 Å². The predicted molar refractivity (Wildman–Crippen MR) is 64.6 cm³/mol. The first-order chi connectivity index (χ1) is 9.76. The van der Waals surface area contributed by atoms with E-state index in [0.29, 0.717) is 4.68 Å². The van der Waals surface area contributed by atoms with Gasteiger partial charge in [0, 0.05) is 0 Å². The highest BCUT2D eigenvalue weighted by Crippen LogP contribution is 2.30. The van der Waals surface area contributed by atoms with Gasteiger partial charge in [0.1, 0.15) is 5.69 Å². The van der Waals surface area contributed by atoms with E-state index in [2.05, 4.69) is 15.0 Å². The Morgan fingerprint density at radius 3 is 2.67 bits per heavy atom. The molecule has 21 heavy (non-hydrogen) atoms. The van der Waals surface area contributed by atoms with Crippen LogP contribution < -0.4 is 0 Å². The van der Waals surface area contributed by atoms with Gasteiger partial charge in [-0.15, -0.1) is 5.10 Å². The Kier molecular flexibility index (Phi) is 4.23. The Bertz CT molecular complexity index is 645. The lowest BCUT2D eigenvalue weighted by atomic mass is 10.2. The van der Waals surface area contributed by atoms with Crippen molar-refractivity contribution in [2.45, 2.75) is 25.5 Å². The molecule has 1 aromatic rings. The van der Waals surface area contributed by atoms with E-state index in [4.69, 9.17) is 0 Å². The van der Waals surface area contributed by atoms with E-state index in [9.17, 15) is 27.1 Å². The lowest BCUT2D eigenvalue weighted by Crippen LogP contribution is -2.25. The number of halogens is 2. The summed E-state index contributed by atoms with van der Waals surface area (Å²) in [5, 5.41) is 16.4. The Balaban J connectivity index is 2.44. The summed E-state index contributed by atoms with van der Waals surface area (Å²) in [6.45, 7) is 1.46. The van der Waals surface area contributed by atoms with Crippen molar-refractivity contribution in [1.82, 2.24) is 15.0 Å². The molecule has 0 amide bonds. The number of esters is 1. The Morgan fingerprint density at radius 2 is 2.19 bits per heavy atom. The molecular weight excluding hydrogens is 312 g/mol. The number of hydrogen-bond donors (Lipinski definition) is 1. The standard InChI is InChI=1S/C10H13F2N3O5S/c1-2-20-10(17)7-8(9(11)12)15(14-13-7)5-3-21(18,19)4-6(5)16/h5-6,9,16H,2-4H2,1H3. The number of rotatable bonds is 4. The molecule has 0 radical (unpaired) electrons. The van der Waals surface area contributed by atoms with Gasteiger partial charge in [-0.3, -0.25) is 0 Å². The topological polar surface area (TPSA) is 111 Å². The summed E-state index contributed by atoms with van der Waals surface area (Å²) < 4.78 is 54.4. The van der Waals surface area contributed by atoms with E-state index in [-0.39, 0.29) is 6.61 Å². The second kappa shape index (κ2) is 5.64. The zero-order chi connectivity index (χ0) is 15.8. The van der Waals surface area contributed by atoms with Crippen LogP contribution >= 0.6 is 0 Å². The zero-order valence-corrected chi connectivity index (χ0v) is 11.8. The number of ether oxygens (including phenoxy) is 1. The van der Waals surface area contributed by atoms with Crippen molar-refractivity contribution in [2.75, 3.05) is 18.1 Å². The number of aromatic nitrogens is 3. The highest BCUT2D eigenvalue weighted by Gasteiger charge is 2.41. The third-order valence-electron chi connectivity index (χ3n) is 3.01. The molecule has 0 bridgehead atoms. The van der Waals surface area contributed by atoms with E-state index in [0.717, 1.165) is 0 Å². The molecule has 0 aliphatic carbocycles. The fourth-order valence-corrected chi connectivity index (χ4v) is 3.90. The van der Waals surface area contributed by atoms with E-state index in [1.807, 2.05) is 0 Å². The van der Waals surface area contributed by atoms with Gasteiger partial charge >= 0.3 is 5.97 Å². The molecule has 118 valence electrons. The minimum Gasteiger partial charge on any atom is -0.461 e. The molecule has 8 nitrogen and oxygen atoms in total. The van der Waals surface area contributed by atoms with E-state index in [1.54, 1.807) is 0 Å². The summed E-state index contributed by atoms with van der Waals surface area (Å²) in [5.74, 6) is -2.16. The number of alkyl halides is 2. The Morgan fingerprint density at radius 1 is 1.52 bits per heavy atom. The fraction of sp³-hybridized carbons (Fsp3) is 0.700. The summed E-state index contributed by atoms with van der Waals surface area (Å²) in [6.07, 6.45) is -4.50. The number of sulfone groups is 1. The molecule has 1 fully saturated rings. The summed E-state index contributed by atoms with van der Waals surface area (Å²) in [6, 6.07) is -1.20. The number of carbonyl (C=O) groups excluding carboxylic acids is 1. The SMILES string of the molecule is CCOC(=O)c1nnn(C2CS(=O)(=O)CC2O)c1C(F)F. The van der Waals surface area contributed by atoms with Crippen LogP contribution in [0.15, 0.2) is 0 Å². The molecule has 1 N–H and O–H groups in total. The van der Waals surface area contributed by atoms with Crippen molar-refractivity contribution in [3.8, 4) is 0 Å². The molecule has 0 spiro atoms. The van der Waals surface area contributed by atoms with Gasteiger partial charge in [0.25, 0.3) is 6.43 Å². The molecule has 1 saturated heterocycles. The van der Waals surface area contributed by atoms with Gasteiger partial charge in [0.2, 0.25) is 0 Å². The van der Waals surface area contributed by atoms with Crippen molar-refractivity contribution in [2.24, 2.45) is 0 Å². The summed E-state index contributed by atoms with van der Waals surface area (Å²) >= 11 is 0. The van der Waals surface area contributed by atoms with Crippen LogP contribution in [0.1, 0.15) is 35.6 Å². The average Bonchev–Trinajstić information content (AvgIpc) is 2.90. The Hall–Kier alpha value is -1.62. The van der Waals surface area contributed by atoms with Crippen molar-refractivity contribution >= 4 is 15.8 Å². The number of aliphatic hydroxyl groups excluding tert-OH is 1. The molecule has 2 heterocycles. The first-order valence-electron chi connectivity index (χ1n) is 6.05. The molecule has 2 unspecified atom stereocenters. The van der Waals surface area contributed by atoms with Gasteiger partial charge in [0.15, 0.2) is 15.5 Å². The van der Waals surface area contributed by atoms with Gasteiger partial charge in [0.05, 0.1) is 30.3 Å². The highest BCUT2D eigenvalue weighted by atomic mass is 32.2. The minimum atomic E-state index is -3.56. The maximum Gasteiger partial charge on any atom is 0.361 e. The number of nitrogens with zero attached hydrogens (tertiary/aromatic N) is 3. The molecule has 0 aromatic carbocycles. The predicted octanol–water partition coefficient (Wildman–Crippen LogP) is -0.277. The van der Waals surface area contributed by atoms with Crippen LogP contribution in [0, 0.1) is 0 Å². The van der Waals surface area contributed by atoms with Crippen molar-refractivity contribution in [1.29, 1.82) is 0 Å². The normalized spacial score (nSPS) is 24.4. The minimum absolute atomic E-state index is 0.0329. The van der Waals surface area contributed by atoms with Crippen LogP contribution in [0.3, 0.4) is 0 Å². The largest absolute Gasteiger partial charge is 0.461 e. The first kappa shape index (κ1) is 15.8. The van der Waals surface area contributed by atoms with Crippen LogP contribution in [0.2, 0.25) is 0 Å². The molecule has 2 atom stereocenters.